The number of fused-ring (bicyclic) bond motifs is 3. The molecule has 6 saturated carbocycles. The average molecular weight is 663 g/mol. The minimum absolute atomic E-state index is 0.415. The highest BCUT2D eigenvalue weighted by atomic mass is 14.8. The SMILES string of the molecule is CC(C)C1C(C)CC2(C)C(C)C3(C)C(C)C4CCC(CC(C)C5CCC(C(C)C6CCCCC6)CC5)C(C)C4C(C)C3C(C)C2(C)C1C. The van der Waals surface area contributed by atoms with E-state index >= 15 is 0 Å². The second-order valence-corrected chi connectivity index (χ2v) is 22.1. The van der Waals surface area contributed by atoms with Crippen molar-refractivity contribution in [2.24, 2.45) is 123 Å². The van der Waals surface area contributed by atoms with E-state index in [-0.39, 0.29) is 0 Å². The van der Waals surface area contributed by atoms with Crippen molar-refractivity contribution in [3.63, 3.8) is 0 Å². The van der Waals surface area contributed by atoms with Crippen molar-refractivity contribution < 1.29 is 0 Å². The third kappa shape index (κ3) is 5.60. The summed E-state index contributed by atoms with van der Waals surface area (Å²) in [5, 5.41) is 0. The highest BCUT2D eigenvalue weighted by molar-refractivity contribution is 5.20. The molecule has 48 heavy (non-hydrogen) atoms. The molecule has 0 N–H and O–H groups in total. The van der Waals surface area contributed by atoms with Crippen LogP contribution in [0.2, 0.25) is 0 Å². The molecule has 6 fully saturated rings. The maximum Gasteiger partial charge on any atom is -0.0212 e. The monoisotopic (exact) mass is 663 g/mol. The summed E-state index contributed by atoms with van der Waals surface area (Å²) in [5.74, 6) is 16.1. The van der Waals surface area contributed by atoms with Gasteiger partial charge in [-0.3, -0.25) is 0 Å². The lowest BCUT2D eigenvalue weighted by Crippen LogP contribution is -2.71. The third-order valence-electron chi connectivity index (χ3n) is 21.0. The summed E-state index contributed by atoms with van der Waals surface area (Å²) < 4.78 is 0. The van der Waals surface area contributed by atoms with Crippen LogP contribution in [0.4, 0.5) is 0 Å². The van der Waals surface area contributed by atoms with Crippen LogP contribution in [-0.2, 0) is 0 Å². The van der Waals surface area contributed by atoms with E-state index in [1.807, 2.05) is 0 Å². The van der Waals surface area contributed by atoms with Gasteiger partial charge < -0.3 is 0 Å². The molecular weight excluding hydrogens is 577 g/mol. The van der Waals surface area contributed by atoms with Crippen molar-refractivity contribution in [1.82, 2.24) is 0 Å². The van der Waals surface area contributed by atoms with Gasteiger partial charge in [0.15, 0.2) is 0 Å². The smallest absolute Gasteiger partial charge is 0.0212 e. The summed E-state index contributed by atoms with van der Waals surface area (Å²) in [5.41, 5.74) is 1.29. The van der Waals surface area contributed by atoms with E-state index in [4.69, 9.17) is 0 Å². The van der Waals surface area contributed by atoms with Gasteiger partial charge in [-0.15, -0.1) is 0 Å². The average Bonchev–Trinajstić information content (AvgIpc) is 3.06. The summed E-state index contributed by atoms with van der Waals surface area (Å²) in [6.07, 6.45) is 19.7. The van der Waals surface area contributed by atoms with Crippen LogP contribution in [-0.4, -0.2) is 0 Å². The quantitative estimate of drug-likeness (QED) is 0.265. The molecule has 17 unspecified atom stereocenters. The number of rotatable bonds is 6. The standard InChI is InChI=1S/C48H86/c1-28(2)43-30(4)27-46(12)37(11)47(13)34(8)42-25-24-41(32(6)44(42)33(7)45(47)36(10)48(46,14)35(43)9)26-29(3)38-20-22-40(23-21-38)31(5)39-18-16-15-17-19-39/h28-45H,15-27H2,1-14H3. The first-order valence-electron chi connectivity index (χ1n) is 22.5. The molecule has 0 heterocycles. The fourth-order valence-electron chi connectivity index (χ4n) is 17.9. The highest BCUT2D eigenvalue weighted by Crippen LogP contribution is 2.78. The molecule has 6 aliphatic carbocycles. The van der Waals surface area contributed by atoms with Gasteiger partial charge >= 0.3 is 0 Å². The molecule has 0 aromatic heterocycles. The Morgan fingerprint density at radius 1 is 0.604 bits per heavy atom. The molecule has 17 atom stereocenters. The lowest BCUT2D eigenvalue weighted by molar-refractivity contribution is -0.291. The minimum Gasteiger partial charge on any atom is -0.0625 e. The van der Waals surface area contributed by atoms with E-state index in [1.54, 1.807) is 0 Å². The lowest BCUT2D eigenvalue weighted by atomic mass is 9.28. The zero-order valence-corrected chi connectivity index (χ0v) is 35.1. The Kier molecular flexibility index (Phi) is 10.8. The Labute approximate surface area is 302 Å². The first kappa shape index (κ1) is 37.7. The zero-order valence-electron chi connectivity index (χ0n) is 35.1. The second kappa shape index (κ2) is 13.8. The molecule has 0 aromatic rings. The van der Waals surface area contributed by atoms with Gasteiger partial charge in [0.2, 0.25) is 0 Å². The van der Waals surface area contributed by atoms with Crippen LogP contribution >= 0.6 is 0 Å². The summed E-state index contributed by atoms with van der Waals surface area (Å²) in [6, 6.07) is 0. The largest absolute Gasteiger partial charge is 0.0625 e. The first-order chi connectivity index (χ1) is 22.5. The van der Waals surface area contributed by atoms with Crippen molar-refractivity contribution in [1.29, 1.82) is 0 Å². The maximum atomic E-state index is 2.84. The molecule has 0 spiro atoms. The Morgan fingerprint density at radius 2 is 1.19 bits per heavy atom. The molecule has 0 nitrogen and oxygen atoms in total. The Hall–Kier alpha value is 0. The molecule has 0 saturated heterocycles. The minimum atomic E-state index is 0.415. The number of hydrogen-bond acceptors (Lipinski definition) is 0. The predicted octanol–water partition coefficient (Wildman–Crippen LogP) is 14.5. The van der Waals surface area contributed by atoms with E-state index in [9.17, 15) is 0 Å². The van der Waals surface area contributed by atoms with Crippen LogP contribution in [0, 0.1) is 123 Å². The third-order valence-corrected chi connectivity index (χ3v) is 21.0. The zero-order chi connectivity index (χ0) is 35.1. The van der Waals surface area contributed by atoms with E-state index in [0.717, 1.165) is 107 Å². The van der Waals surface area contributed by atoms with Gasteiger partial charge in [0.1, 0.15) is 0 Å². The van der Waals surface area contributed by atoms with Gasteiger partial charge in [-0.1, -0.05) is 129 Å². The maximum absolute atomic E-state index is 2.84. The molecule has 6 rings (SSSR count). The molecule has 6 aliphatic rings. The van der Waals surface area contributed by atoms with Crippen LogP contribution < -0.4 is 0 Å². The molecule has 0 amide bonds. The predicted molar refractivity (Wildman–Crippen MR) is 210 cm³/mol. The highest BCUT2D eigenvalue weighted by Gasteiger charge is 2.72. The first-order valence-corrected chi connectivity index (χ1v) is 22.5. The van der Waals surface area contributed by atoms with Crippen LogP contribution in [0.15, 0.2) is 0 Å². The van der Waals surface area contributed by atoms with Gasteiger partial charge in [-0.25, -0.2) is 0 Å². The van der Waals surface area contributed by atoms with Crippen LogP contribution in [0.25, 0.3) is 0 Å². The Morgan fingerprint density at radius 3 is 1.79 bits per heavy atom. The topological polar surface area (TPSA) is 0 Å². The summed E-state index contributed by atoms with van der Waals surface area (Å²) in [6.45, 7) is 38.1. The van der Waals surface area contributed by atoms with Crippen LogP contribution in [0.5, 0.6) is 0 Å². The summed E-state index contributed by atoms with van der Waals surface area (Å²) in [4.78, 5) is 0. The van der Waals surface area contributed by atoms with Gasteiger partial charge in [-0.2, -0.15) is 0 Å². The van der Waals surface area contributed by atoms with Gasteiger partial charge in [0.05, 0.1) is 0 Å². The Bertz CT molecular complexity index is 1070. The van der Waals surface area contributed by atoms with Crippen LogP contribution in [0.1, 0.15) is 180 Å². The van der Waals surface area contributed by atoms with Crippen LogP contribution in [0.3, 0.4) is 0 Å². The molecule has 0 heteroatoms. The van der Waals surface area contributed by atoms with Gasteiger partial charge in [0.25, 0.3) is 0 Å². The molecule has 0 bridgehead atoms. The van der Waals surface area contributed by atoms with E-state index < -0.39 is 0 Å². The fraction of sp³-hybridized carbons (Fsp3) is 1.00. The van der Waals surface area contributed by atoms with Gasteiger partial charge in [-0.05, 0) is 174 Å². The van der Waals surface area contributed by atoms with Crippen molar-refractivity contribution in [2.75, 3.05) is 0 Å². The summed E-state index contributed by atoms with van der Waals surface area (Å²) in [7, 11) is 0. The lowest BCUT2D eigenvalue weighted by Gasteiger charge is -2.77. The van der Waals surface area contributed by atoms with Crippen molar-refractivity contribution >= 4 is 0 Å². The normalized spacial score (nSPS) is 54.6. The molecule has 0 aromatic carbocycles. The van der Waals surface area contributed by atoms with Crippen molar-refractivity contribution in [2.45, 2.75) is 180 Å². The van der Waals surface area contributed by atoms with Crippen molar-refractivity contribution in [3.05, 3.63) is 0 Å². The van der Waals surface area contributed by atoms with Gasteiger partial charge in [0, 0.05) is 0 Å². The molecule has 278 valence electrons. The second-order valence-electron chi connectivity index (χ2n) is 22.1. The van der Waals surface area contributed by atoms with E-state index in [2.05, 4.69) is 96.9 Å². The number of hydrogen-bond donors (Lipinski definition) is 0. The van der Waals surface area contributed by atoms with Crippen molar-refractivity contribution in [3.8, 4) is 0 Å². The fourth-order valence-corrected chi connectivity index (χ4v) is 17.9. The van der Waals surface area contributed by atoms with E-state index in [1.165, 1.54) is 83.5 Å². The summed E-state index contributed by atoms with van der Waals surface area (Å²) >= 11 is 0. The molecular formula is C48H86. The molecule has 0 aliphatic heterocycles. The Balaban J connectivity index is 1.17. The molecule has 0 radical (unpaired) electrons. The van der Waals surface area contributed by atoms with E-state index in [0.29, 0.717) is 16.2 Å².